The highest BCUT2D eigenvalue weighted by atomic mass is 19.3. The number of hydrogen-bond donors (Lipinski definition) is 0. The Balaban J connectivity index is 2.90. The maximum atomic E-state index is 12.7. The topological polar surface area (TPSA) is 26.3 Å². The van der Waals surface area contributed by atoms with Gasteiger partial charge in [-0.05, 0) is 6.07 Å². The quantitative estimate of drug-likeness (QED) is 0.695. The molecule has 0 atom stereocenters. The molecule has 0 amide bonds. The van der Waals surface area contributed by atoms with Crippen molar-refractivity contribution in [2.75, 3.05) is 7.11 Å². The molecule has 76 valence electrons. The summed E-state index contributed by atoms with van der Waals surface area (Å²) in [5.41, 5.74) is 0.326. The van der Waals surface area contributed by atoms with Crippen LogP contribution in [0.3, 0.4) is 0 Å². The van der Waals surface area contributed by atoms with E-state index in [1.165, 1.54) is 13.2 Å². The zero-order valence-electron chi connectivity index (χ0n) is 7.67. The summed E-state index contributed by atoms with van der Waals surface area (Å²) in [6.45, 7) is 0. The van der Waals surface area contributed by atoms with Crippen molar-refractivity contribution in [3.05, 3.63) is 29.8 Å². The molecule has 0 radical (unpaired) electrons. The molecule has 1 aromatic carbocycles. The molecule has 0 N–H and O–H groups in total. The van der Waals surface area contributed by atoms with Crippen molar-refractivity contribution in [2.24, 2.45) is 0 Å². The summed E-state index contributed by atoms with van der Waals surface area (Å²) in [7, 11) is 1.40. The van der Waals surface area contributed by atoms with Crippen LogP contribution < -0.4 is 4.74 Å². The van der Waals surface area contributed by atoms with Gasteiger partial charge >= 0.3 is 5.92 Å². The number of halogens is 2. The number of carbonyl (C=O) groups excluding carboxylic acids is 1. The smallest absolute Gasteiger partial charge is 0.306 e. The average molecular weight is 200 g/mol. The number of alkyl halides is 2. The molecule has 0 saturated carbocycles. The van der Waals surface area contributed by atoms with Gasteiger partial charge in [-0.1, -0.05) is 18.2 Å². The Labute approximate surface area is 80.5 Å². The van der Waals surface area contributed by atoms with Crippen LogP contribution >= 0.6 is 0 Å². The Bertz CT molecular complexity index is 324. The average Bonchev–Trinajstić information content (AvgIpc) is 2.18. The highest BCUT2D eigenvalue weighted by Gasteiger charge is 2.29. The van der Waals surface area contributed by atoms with E-state index in [0.29, 0.717) is 11.3 Å². The number of aldehydes is 1. The van der Waals surface area contributed by atoms with Gasteiger partial charge in [0.1, 0.15) is 5.75 Å². The summed E-state index contributed by atoms with van der Waals surface area (Å²) in [6.07, 6.45) is -0.972. The normalized spacial score (nSPS) is 11.1. The van der Waals surface area contributed by atoms with Crippen LogP contribution in [0.25, 0.3) is 0 Å². The Hall–Kier alpha value is -1.45. The van der Waals surface area contributed by atoms with Crippen molar-refractivity contribution in [3.8, 4) is 5.75 Å². The first-order chi connectivity index (χ1) is 6.59. The summed E-state index contributed by atoms with van der Waals surface area (Å²) in [6, 6.07) is 6.40. The molecule has 0 aliphatic rings. The summed E-state index contributed by atoms with van der Waals surface area (Å²) in [4.78, 5) is 10.0. The lowest BCUT2D eigenvalue weighted by molar-refractivity contribution is -0.128. The maximum Gasteiger partial charge on any atom is 0.306 e. The van der Waals surface area contributed by atoms with Crippen molar-refractivity contribution in [2.45, 2.75) is 12.3 Å². The second-order valence-corrected chi connectivity index (χ2v) is 2.87. The molecule has 0 unspecified atom stereocenters. The Kier molecular flexibility index (Phi) is 3.17. The van der Waals surface area contributed by atoms with Gasteiger partial charge in [0.05, 0.1) is 7.11 Å². The van der Waals surface area contributed by atoms with E-state index in [0.717, 1.165) is 0 Å². The van der Waals surface area contributed by atoms with E-state index >= 15 is 0 Å². The number of hydrogen-bond acceptors (Lipinski definition) is 2. The van der Waals surface area contributed by atoms with E-state index in [4.69, 9.17) is 4.74 Å². The lowest BCUT2D eigenvalue weighted by Crippen LogP contribution is -2.21. The van der Waals surface area contributed by atoms with Crippen molar-refractivity contribution in [1.29, 1.82) is 0 Å². The van der Waals surface area contributed by atoms with E-state index in [1.54, 1.807) is 18.2 Å². The molecular formula is C10H10F2O2. The minimum atomic E-state index is -3.32. The van der Waals surface area contributed by atoms with Crippen molar-refractivity contribution < 1.29 is 18.3 Å². The number of rotatable bonds is 4. The zero-order chi connectivity index (χ0) is 10.6. The van der Waals surface area contributed by atoms with Crippen LogP contribution in [0.1, 0.15) is 5.56 Å². The summed E-state index contributed by atoms with van der Waals surface area (Å²) < 4.78 is 30.3. The fourth-order valence-corrected chi connectivity index (χ4v) is 1.14. The predicted molar refractivity (Wildman–Crippen MR) is 47.7 cm³/mol. The molecule has 0 bridgehead atoms. The highest BCUT2D eigenvalue weighted by Crippen LogP contribution is 2.24. The Morgan fingerprint density at radius 2 is 2.07 bits per heavy atom. The van der Waals surface area contributed by atoms with Gasteiger partial charge in [0.25, 0.3) is 0 Å². The van der Waals surface area contributed by atoms with E-state index in [1.807, 2.05) is 0 Å². The third-order valence-corrected chi connectivity index (χ3v) is 1.79. The first kappa shape index (κ1) is 10.6. The molecule has 14 heavy (non-hydrogen) atoms. The van der Waals surface area contributed by atoms with Crippen molar-refractivity contribution in [1.82, 2.24) is 0 Å². The Morgan fingerprint density at radius 1 is 1.43 bits per heavy atom. The van der Waals surface area contributed by atoms with Gasteiger partial charge < -0.3 is 4.74 Å². The number of para-hydroxylation sites is 1. The van der Waals surface area contributed by atoms with Crippen LogP contribution in [0, 0.1) is 0 Å². The molecule has 0 aliphatic carbocycles. The molecule has 0 spiro atoms. The third-order valence-electron chi connectivity index (χ3n) is 1.79. The Morgan fingerprint density at radius 3 is 2.64 bits per heavy atom. The summed E-state index contributed by atoms with van der Waals surface area (Å²) >= 11 is 0. The van der Waals surface area contributed by atoms with Crippen molar-refractivity contribution in [3.63, 3.8) is 0 Å². The number of methoxy groups -OCH3 is 1. The molecule has 4 heteroatoms. The van der Waals surface area contributed by atoms with Gasteiger partial charge in [-0.3, -0.25) is 4.79 Å². The fourth-order valence-electron chi connectivity index (χ4n) is 1.14. The predicted octanol–water partition coefficient (Wildman–Crippen LogP) is 2.07. The monoisotopic (exact) mass is 200 g/mol. The lowest BCUT2D eigenvalue weighted by Gasteiger charge is -2.11. The molecule has 1 aromatic rings. The van der Waals surface area contributed by atoms with Crippen LogP contribution in [0.2, 0.25) is 0 Å². The summed E-state index contributed by atoms with van der Waals surface area (Å²) in [5.74, 6) is -2.96. The molecular weight excluding hydrogens is 190 g/mol. The summed E-state index contributed by atoms with van der Waals surface area (Å²) in [5, 5.41) is 0. The van der Waals surface area contributed by atoms with E-state index in [9.17, 15) is 13.6 Å². The largest absolute Gasteiger partial charge is 0.496 e. The molecule has 2 nitrogen and oxygen atoms in total. The van der Waals surface area contributed by atoms with Crippen LogP contribution in [0.4, 0.5) is 8.78 Å². The van der Waals surface area contributed by atoms with Crippen LogP contribution in [-0.4, -0.2) is 19.3 Å². The molecule has 0 fully saturated rings. The van der Waals surface area contributed by atoms with Crippen LogP contribution in [-0.2, 0) is 11.2 Å². The first-order valence-electron chi connectivity index (χ1n) is 4.05. The molecule has 0 aliphatic heterocycles. The van der Waals surface area contributed by atoms with Gasteiger partial charge in [0, 0.05) is 12.0 Å². The molecule has 0 heterocycles. The minimum Gasteiger partial charge on any atom is -0.496 e. The van der Waals surface area contributed by atoms with Crippen molar-refractivity contribution >= 4 is 6.29 Å². The zero-order valence-corrected chi connectivity index (χ0v) is 7.67. The van der Waals surface area contributed by atoms with Gasteiger partial charge in [-0.25, -0.2) is 0 Å². The number of carbonyl (C=O) groups is 1. The molecule has 0 aromatic heterocycles. The SMILES string of the molecule is COc1ccccc1CC(F)(F)C=O. The standard InChI is InChI=1S/C10H10F2O2/c1-14-9-5-3-2-4-8(9)6-10(11,12)7-13/h2-5,7H,6H2,1H3. The van der Waals surface area contributed by atoms with Gasteiger partial charge in [0.2, 0.25) is 0 Å². The highest BCUT2D eigenvalue weighted by molar-refractivity contribution is 5.60. The van der Waals surface area contributed by atoms with Gasteiger partial charge in [-0.2, -0.15) is 8.78 Å². The minimum absolute atomic E-state index is 0.326. The second kappa shape index (κ2) is 4.17. The fraction of sp³-hybridized carbons (Fsp3) is 0.300. The second-order valence-electron chi connectivity index (χ2n) is 2.87. The van der Waals surface area contributed by atoms with Crippen LogP contribution in [0.5, 0.6) is 5.75 Å². The van der Waals surface area contributed by atoms with Gasteiger partial charge in [-0.15, -0.1) is 0 Å². The molecule has 1 rings (SSSR count). The third kappa shape index (κ3) is 2.52. The number of ether oxygens (including phenoxy) is 1. The van der Waals surface area contributed by atoms with E-state index in [-0.39, 0.29) is 6.29 Å². The van der Waals surface area contributed by atoms with E-state index in [2.05, 4.69) is 0 Å². The maximum absolute atomic E-state index is 12.7. The first-order valence-corrected chi connectivity index (χ1v) is 4.05. The van der Waals surface area contributed by atoms with Gasteiger partial charge in [0.15, 0.2) is 6.29 Å². The van der Waals surface area contributed by atoms with E-state index < -0.39 is 12.3 Å². The molecule has 0 saturated heterocycles. The van der Waals surface area contributed by atoms with Crippen LogP contribution in [0.15, 0.2) is 24.3 Å². The number of benzene rings is 1. The lowest BCUT2D eigenvalue weighted by atomic mass is 10.1.